The molecule has 8 heteroatoms. The quantitative estimate of drug-likeness (QED) is 0.138. The molecule has 0 saturated carbocycles. The maximum absolute atomic E-state index is 11.7. The average molecular weight is 331 g/mol. The maximum atomic E-state index is 11.7. The van der Waals surface area contributed by atoms with E-state index in [0.29, 0.717) is 12.0 Å². The highest BCUT2D eigenvalue weighted by Gasteiger charge is 2.10. The molecule has 0 aliphatic heterocycles. The highest BCUT2D eigenvalue weighted by Crippen LogP contribution is 2.29. The minimum absolute atomic E-state index is 0.0932. The number of hydrogen-bond acceptors (Lipinski definition) is 6. The highest BCUT2D eigenvalue weighted by atomic mass is 16.6. The number of allylic oxidation sites excluding steroid dienone is 1. The fraction of sp³-hybridized carbons (Fsp3) is 0.312. The fourth-order valence-corrected chi connectivity index (χ4v) is 1.74. The van der Waals surface area contributed by atoms with Crippen LogP contribution in [0.25, 0.3) is 16.5 Å². The van der Waals surface area contributed by atoms with Gasteiger partial charge in [0.05, 0.1) is 0 Å². The van der Waals surface area contributed by atoms with Crippen molar-refractivity contribution in [2.24, 2.45) is 5.11 Å². The van der Waals surface area contributed by atoms with Crippen LogP contribution in [0.2, 0.25) is 0 Å². The predicted octanol–water partition coefficient (Wildman–Crippen LogP) is 3.21. The third kappa shape index (κ3) is 7.24. The normalized spacial score (nSPS) is 10.1. The second-order valence-corrected chi connectivity index (χ2v) is 4.75. The molecule has 0 heterocycles. The minimum Gasteiger partial charge on any atom is -0.423 e. The Morgan fingerprint density at radius 1 is 1.17 bits per heavy atom. The van der Waals surface area contributed by atoms with E-state index in [1.165, 1.54) is 32.1 Å². The number of carbonyl (C=O) groups excluding carboxylic acids is 3. The van der Waals surface area contributed by atoms with E-state index in [1.807, 2.05) is 0 Å². The van der Waals surface area contributed by atoms with Crippen LogP contribution in [-0.2, 0) is 14.4 Å². The van der Waals surface area contributed by atoms with Crippen LogP contribution in [0.3, 0.4) is 0 Å². The molecule has 0 atom stereocenters. The van der Waals surface area contributed by atoms with Crippen molar-refractivity contribution in [2.75, 3.05) is 6.54 Å². The Hall–Kier alpha value is -3.12. The molecule has 1 rings (SSSR count). The summed E-state index contributed by atoms with van der Waals surface area (Å²) in [6, 6.07) is 4.59. The van der Waals surface area contributed by atoms with Crippen LogP contribution in [0.15, 0.2) is 29.4 Å². The molecule has 126 valence electrons. The lowest BCUT2D eigenvalue weighted by Crippen LogP contribution is -2.07. The Kier molecular flexibility index (Phi) is 7.73. The maximum Gasteiger partial charge on any atom is 0.308 e. The molecule has 1 aromatic rings. The summed E-state index contributed by atoms with van der Waals surface area (Å²) in [4.78, 5) is 36.5. The van der Waals surface area contributed by atoms with Crippen LogP contribution in [0, 0.1) is 0 Å². The summed E-state index contributed by atoms with van der Waals surface area (Å²) in [7, 11) is 0. The van der Waals surface area contributed by atoms with Gasteiger partial charge in [0, 0.05) is 31.7 Å². The number of carbonyl (C=O) groups is 3. The van der Waals surface area contributed by atoms with E-state index in [1.54, 1.807) is 12.1 Å². The molecule has 0 radical (unpaired) electrons. The third-order valence-corrected chi connectivity index (χ3v) is 2.68. The van der Waals surface area contributed by atoms with Crippen molar-refractivity contribution in [3.05, 3.63) is 40.3 Å². The first kappa shape index (κ1) is 18.9. The molecule has 0 aromatic heterocycles. The molecule has 0 saturated heterocycles. The molecule has 1 aromatic carbocycles. The lowest BCUT2D eigenvalue weighted by atomic mass is 10.1. The van der Waals surface area contributed by atoms with Crippen LogP contribution >= 0.6 is 0 Å². The fourth-order valence-electron chi connectivity index (χ4n) is 1.74. The Bertz CT molecular complexity index is 706. The summed E-state index contributed by atoms with van der Waals surface area (Å²) in [5, 5.41) is 3.35. The van der Waals surface area contributed by atoms with Crippen LogP contribution in [0.5, 0.6) is 11.5 Å². The Morgan fingerprint density at radius 3 is 2.46 bits per heavy atom. The van der Waals surface area contributed by atoms with Crippen LogP contribution in [0.4, 0.5) is 0 Å². The van der Waals surface area contributed by atoms with Gasteiger partial charge in [-0.15, -0.1) is 0 Å². The summed E-state index contributed by atoms with van der Waals surface area (Å²) >= 11 is 0. The van der Waals surface area contributed by atoms with Crippen molar-refractivity contribution in [1.82, 2.24) is 0 Å². The molecule has 8 nitrogen and oxygen atoms in total. The third-order valence-electron chi connectivity index (χ3n) is 2.68. The van der Waals surface area contributed by atoms with Crippen molar-refractivity contribution < 1.29 is 23.9 Å². The van der Waals surface area contributed by atoms with Crippen molar-refractivity contribution in [3.63, 3.8) is 0 Å². The van der Waals surface area contributed by atoms with E-state index in [-0.39, 0.29) is 30.2 Å². The van der Waals surface area contributed by atoms with E-state index < -0.39 is 11.9 Å². The van der Waals surface area contributed by atoms with Gasteiger partial charge in [-0.2, -0.15) is 0 Å². The zero-order valence-corrected chi connectivity index (χ0v) is 13.4. The molecule has 0 aliphatic rings. The van der Waals surface area contributed by atoms with Gasteiger partial charge in [-0.05, 0) is 35.7 Å². The van der Waals surface area contributed by atoms with Gasteiger partial charge >= 0.3 is 11.9 Å². The average Bonchev–Trinajstić information content (AvgIpc) is 2.51. The zero-order valence-electron chi connectivity index (χ0n) is 13.4. The van der Waals surface area contributed by atoms with Crippen molar-refractivity contribution in [3.8, 4) is 11.5 Å². The number of azide groups is 1. The summed E-state index contributed by atoms with van der Waals surface area (Å²) in [6.45, 7) is 2.73. The molecular weight excluding hydrogens is 314 g/mol. The van der Waals surface area contributed by atoms with Gasteiger partial charge in [0.1, 0.15) is 0 Å². The lowest BCUT2D eigenvalue weighted by Gasteiger charge is -2.09. The number of hydrogen-bond donors (Lipinski definition) is 0. The van der Waals surface area contributed by atoms with Crippen molar-refractivity contribution >= 4 is 23.8 Å². The van der Waals surface area contributed by atoms with Gasteiger partial charge in [0.2, 0.25) is 0 Å². The van der Waals surface area contributed by atoms with Crippen LogP contribution < -0.4 is 9.47 Å². The minimum atomic E-state index is -0.557. The first-order chi connectivity index (χ1) is 11.4. The topological polar surface area (TPSA) is 118 Å². The lowest BCUT2D eigenvalue weighted by molar-refractivity contribution is -0.134. The van der Waals surface area contributed by atoms with E-state index in [9.17, 15) is 14.4 Å². The monoisotopic (exact) mass is 331 g/mol. The van der Waals surface area contributed by atoms with E-state index in [2.05, 4.69) is 10.0 Å². The highest BCUT2D eigenvalue weighted by molar-refractivity contribution is 5.93. The number of ether oxygens (including phenoxy) is 2. The van der Waals surface area contributed by atoms with Gasteiger partial charge in [-0.3, -0.25) is 14.4 Å². The van der Waals surface area contributed by atoms with E-state index >= 15 is 0 Å². The van der Waals surface area contributed by atoms with Gasteiger partial charge in [0.25, 0.3) is 0 Å². The number of nitrogens with zero attached hydrogens (tertiary/aromatic N) is 3. The van der Waals surface area contributed by atoms with Gasteiger partial charge in [-0.1, -0.05) is 17.3 Å². The molecule has 0 spiro atoms. The Labute approximate surface area is 138 Å². The number of rotatable bonds is 8. The molecule has 0 N–H and O–H groups in total. The number of ketones is 1. The Morgan fingerprint density at radius 2 is 1.83 bits per heavy atom. The van der Waals surface area contributed by atoms with Crippen LogP contribution in [-0.4, -0.2) is 24.3 Å². The van der Waals surface area contributed by atoms with Gasteiger partial charge in [0.15, 0.2) is 17.3 Å². The first-order valence-electron chi connectivity index (χ1n) is 7.15. The Balaban J connectivity index is 2.82. The van der Waals surface area contributed by atoms with E-state index in [4.69, 9.17) is 15.0 Å². The largest absolute Gasteiger partial charge is 0.423 e. The summed E-state index contributed by atoms with van der Waals surface area (Å²) in [6.07, 6.45) is 3.67. The molecule has 24 heavy (non-hydrogen) atoms. The predicted molar refractivity (Wildman–Crippen MR) is 86.3 cm³/mol. The summed E-state index contributed by atoms with van der Waals surface area (Å²) < 4.78 is 9.96. The van der Waals surface area contributed by atoms with Crippen molar-refractivity contribution in [1.29, 1.82) is 0 Å². The second kappa shape index (κ2) is 9.81. The molecule has 0 amide bonds. The summed E-state index contributed by atoms with van der Waals surface area (Å²) in [5.41, 5.74) is 8.74. The second-order valence-electron chi connectivity index (χ2n) is 4.75. The first-order valence-corrected chi connectivity index (χ1v) is 7.15. The van der Waals surface area contributed by atoms with E-state index in [0.717, 1.165) is 0 Å². The molecule has 0 fully saturated rings. The number of benzene rings is 1. The molecule has 0 aliphatic carbocycles. The number of esters is 2. The molecule has 0 unspecified atom stereocenters. The standard InChI is InChI=1S/C16H17N3O5/c1-11(20)23-15-8-6-13(10-16(15)24-12(2)21)5-7-14(22)4-3-9-18-19-17/h5-8,10H,3-4,9H2,1-2H3/b7-5+. The summed E-state index contributed by atoms with van der Waals surface area (Å²) in [5.74, 6) is -1.01. The van der Waals surface area contributed by atoms with Crippen molar-refractivity contribution in [2.45, 2.75) is 26.7 Å². The van der Waals surface area contributed by atoms with Gasteiger partial charge in [-0.25, -0.2) is 0 Å². The van der Waals surface area contributed by atoms with Gasteiger partial charge < -0.3 is 9.47 Å². The smallest absolute Gasteiger partial charge is 0.308 e. The zero-order chi connectivity index (χ0) is 17.9. The SMILES string of the molecule is CC(=O)Oc1ccc(/C=C/C(=O)CCCN=[N+]=[N-])cc1OC(C)=O. The molecule has 0 bridgehead atoms. The van der Waals surface area contributed by atoms with Crippen LogP contribution in [0.1, 0.15) is 32.3 Å². The molecular formula is C16H17N3O5.